The summed E-state index contributed by atoms with van der Waals surface area (Å²) in [4.78, 5) is 10.9. The number of hydrogen-bond donors (Lipinski definition) is 2. The molecule has 1 aromatic carbocycles. The van der Waals surface area contributed by atoms with Crippen LogP contribution in [0.1, 0.15) is 18.4 Å². The zero-order valence-electron chi connectivity index (χ0n) is 8.90. The topological polar surface area (TPSA) is 57.5 Å². The number of carboxylic acids is 1. The molecule has 4 heteroatoms. The van der Waals surface area contributed by atoms with Crippen molar-refractivity contribution in [2.24, 2.45) is 5.92 Å². The van der Waals surface area contributed by atoms with E-state index in [1.165, 1.54) is 12.1 Å². The predicted octanol–water partition coefficient (Wildman–Crippen LogP) is 1.84. The van der Waals surface area contributed by atoms with Gasteiger partial charge in [-0.05, 0) is 37.0 Å². The molecular weight excluding hydrogens is 211 g/mol. The van der Waals surface area contributed by atoms with Gasteiger partial charge in [-0.25, -0.2) is 4.39 Å². The number of benzene rings is 1. The third-order valence-corrected chi connectivity index (χ3v) is 2.46. The summed E-state index contributed by atoms with van der Waals surface area (Å²) in [6.07, 6.45) is 1.27. The van der Waals surface area contributed by atoms with Crippen molar-refractivity contribution in [1.82, 2.24) is 0 Å². The van der Waals surface area contributed by atoms with E-state index < -0.39 is 11.9 Å². The van der Waals surface area contributed by atoms with Crippen LogP contribution in [-0.2, 0) is 11.2 Å². The van der Waals surface area contributed by atoms with Crippen LogP contribution in [-0.4, -0.2) is 22.8 Å². The Morgan fingerprint density at radius 1 is 1.31 bits per heavy atom. The lowest BCUT2D eigenvalue weighted by Crippen LogP contribution is -2.17. The fourth-order valence-electron chi connectivity index (χ4n) is 1.56. The molecule has 0 saturated heterocycles. The highest BCUT2D eigenvalue weighted by Gasteiger charge is 2.17. The lowest BCUT2D eigenvalue weighted by molar-refractivity contribution is -0.142. The second kappa shape index (κ2) is 6.23. The zero-order chi connectivity index (χ0) is 12.0. The van der Waals surface area contributed by atoms with Gasteiger partial charge in [0.1, 0.15) is 5.82 Å². The van der Waals surface area contributed by atoms with Crippen LogP contribution in [0.3, 0.4) is 0 Å². The van der Waals surface area contributed by atoms with Gasteiger partial charge in [0.25, 0.3) is 0 Å². The van der Waals surface area contributed by atoms with Crippen molar-refractivity contribution in [3.8, 4) is 0 Å². The number of halogens is 1. The molecule has 16 heavy (non-hydrogen) atoms. The smallest absolute Gasteiger partial charge is 0.306 e. The van der Waals surface area contributed by atoms with Gasteiger partial charge in [-0.15, -0.1) is 0 Å². The Labute approximate surface area is 93.5 Å². The third-order valence-electron chi connectivity index (χ3n) is 2.46. The normalized spacial score (nSPS) is 12.4. The summed E-state index contributed by atoms with van der Waals surface area (Å²) in [6, 6.07) is 5.81. The number of aliphatic hydroxyl groups excluding tert-OH is 1. The molecule has 1 atom stereocenters. The molecule has 0 bridgehead atoms. The van der Waals surface area contributed by atoms with Gasteiger partial charge in [-0.2, -0.15) is 0 Å². The molecule has 1 aromatic rings. The maximum Gasteiger partial charge on any atom is 0.306 e. The van der Waals surface area contributed by atoms with E-state index in [-0.39, 0.29) is 12.4 Å². The molecule has 0 fully saturated rings. The van der Waals surface area contributed by atoms with E-state index in [9.17, 15) is 9.18 Å². The third kappa shape index (κ3) is 3.98. The lowest BCUT2D eigenvalue weighted by atomic mass is 9.95. The van der Waals surface area contributed by atoms with Crippen molar-refractivity contribution in [2.45, 2.75) is 19.3 Å². The van der Waals surface area contributed by atoms with Crippen LogP contribution in [0.25, 0.3) is 0 Å². The Morgan fingerprint density at radius 2 is 1.94 bits per heavy atom. The largest absolute Gasteiger partial charge is 0.481 e. The molecule has 0 amide bonds. The van der Waals surface area contributed by atoms with Crippen LogP contribution < -0.4 is 0 Å². The molecule has 3 nitrogen and oxygen atoms in total. The van der Waals surface area contributed by atoms with Crippen LogP contribution in [0.2, 0.25) is 0 Å². The maximum atomic E-state index is 12.6. The van der Waals surface area contributed by atoms with E-state index >= 15 is 0 Å². The predicted molar refractivity (Wildman–Crippen MR) is 57.5 cm³/mol. The summed E-state index contributed by atoms with van der Waals surface area (Å²) in [5.41, 5.74) is 0.798. The number of carboxylic acid groups (broad SMARTS) is 1. The van der Waals surface area contributed by atoms with Crippen molar-refractivity contribution in [1.29, 1.82) is 0 Å². The van der Waals surface area contributed by atoms with Crippen LogP contribution in [0, 0.1) is 11.7 Å². The van der Waals surface area contributed by atoms with Crippen LogP contribution in [0.5, 0.6) is 0 Å². The SMILES string of the molecule is O=C(O)C(CCCO)Cc1ccc(F)cc1. The first-order valence-electron chi connectivity index (χ1n) is 5.21. The Kier molecular flexibility index (Phi) is 4.92. The van der Waals surface area contributed by atoms with Gasteiger partial charge >= 0.3 is 5.97 Å². The summed E-state index contributed by atoms with van der Waals surface area (Å²) >= 11 is 0. The second-order valence-electron chi connectivity index (χ2n) is 3.73. The Morgan fingerprint density at radius 3 is 2.44 bits per heavy atom. The van der Waals surface area contributed by atoms with Gasteiger partial charge < -0.3 is 10.2 Å². The van der Waals surface area contributed by atoms with Gasteiger partial charge in [0, 0.05) is 6.61 Å². The number of hydrogen-bond acceptors (Lipinski definition) is 2. The van der Waals surface area contributed by atoms with E-state index in [1.807, 2.05) is 0 Å². The maximum absolute atomic E-state index is 12.6. The molecule has 0 heterocycles. The van der Waals surface area contributed by atoms with Crippen molar-refractivity contribution >= 4 is 5.97 Å². The number of rotatable bonds is 6. The van der Waals surface area contributed by atoms with Gasteiger partial charge in [0.2, 0.25) is 0 Å². The summed E-state index contributed by atoms with van der Waals surface area (Å²) in [6.45, 7) is -0.00675. The molecule has 1 unspecified atom stereocenters. The fourth-order valence-corrected chi connectivity index (χ4v) is 1.56. The van der Waals surface area contributed by atoms with Gasteiger partial charge in [-0.3, -0.25) is 4.79 Å². The Balaban J connectivity index is 2.60. The average molecular weight is 226 g/mol. The Hall–Kier alpha value is -1.42. The van der Waals surface area contributed by atoms with E-state index in [0.717, 1.165) is 5.56 Å². The first-order valence-corrected chi connectivity index (χ1v) is 5.21. The van der Waals surface area contributed by atoms with Crippen molar-refractivity contribution in [3.05, 3.63) is 35.6 Å². The molecule has 0 aromatic heterocycles. The van der Waals surface area contributed by atoms with Crippen molar-refractivity contribution in [3.63, 3.8) is 0 Å². The highest BCUT2D eigenvalue weighted by atomic mass is 19.1. The minimum atomic E-state index is -0.877. The molecule has 0 aliphatic carbocycles. The molecule has 1 rings (SSSR count). The highest BCUT2D eigenvalue weighted by molar-refractivity contribution is 5.70. The monoisotopic (exact) mass is 226 g/mol. The molecule has 0 spiro atoms. The van der Waals surface area contributed by atoms with Crippen LogP contribution in [0.15, 0.2) is 24.3 Å². The van der Waals surface area contributed by atoms with Crippen LogP contribution >= 0.6 is 0 Å². The van der Waals surface area contributed by atoms with Crippen LogP contribution in [0.4, 0.5) is 4.39 Å². The van der Waals surface area contributed by atoms with E-state index in [4.69, 9.17) is 10.2 Å². The molecule has 0 saturated carbocycles. The molecular formula is C12H15FO3. The average Bonchev–Trinajstić information content (AvgIpc) is 2.26. The fraction of sp³-hybridized carbons (Fsp3) is 0.417. The molecule has 0 radical (unpaired) electrons. The molecule has 0 aliphatic rings. The van der Waals surface area contributed by atoms with E-state index in [2.05, 4.69) is 0 Å². The quantitative estimate of drug-likeness (QED) is 0.778. The number of aliphatic carboxylic acids is 1. The second-order valence-corrected chi connectivity index (χ2v) is 3.73. The standard InChI is InChI=1S/C12H15FO3/c13-11-5-3-9(4-6-11)8-10(12(15)16)2-1-7-14/h3-6,10,14H,1-2,7-8H2,(H,15,16). The minimum Gasteiger partial charge on any atom is -0.481 e. The first kappa shape index (κ1) is 12.6. The lowest BCUT2D eigenvalue weighted by Gasteiger charge is -2.11. The van der Waals surface area contributed by atoms with Gasteiger partial charge in [0.15, 0.2) is 0 Å². The summed E-state index contributed by atoms with van der Waals surface area (Å²) in [7, 11) is 0. The zero-order valence-corrected chi connectivity index (χ0v) is 8.90. The Bertz CT molecular complexity index is 335. The molecule has 2 N–H and O–H groups in total. The van der Waals surface area contributed by atoms with Crippen molar-refractivity contribution < 1.29 is 19.4 Å². The van der Waals surface area contributed by atoms with E-state index in [0.29, 0.717) is 19.3 Å². The first-order chi connectivity index (χ1) is 7.63. The van der Waals surface area contributed by atoms with Gasteiger partial charge in [-0.1, -0.05) is 12.1 Å². The molecule has 88 valence electrons. The molecule has 0 aliphatic heterocycles. The highest BCUT2D eigenvalue weighted by Crippen LogP contribution is 2.15. The summed E-state index contributed by atoms with van der Waals surface area (Å²) in [5.74, 6) is -1.72. The number of aliphatic hydroxyl groups is 1. The van der Waals surface area contributed by atoms with E-state index in [1.54, 1.807) is 12.1 Å². The van der Waals surface area contributed by atoms with Gasteiger partial charge in [0.05, 0.1) is 5.92 Å². The van der Waals surface area contributed by atoms with Crippen molar-refractivity contribution in [2.75, 3.05) is 6.61 Å². The summed E-state index contributed by atoms with van der Waals surface area (Å²) in [5, 5.41) is 17.6. The number of carbonyl (C=O) groups is 1. The minimum absolute atomic E-state index is 0.00675. The summed E-state index contributed by atoms with van der Waals surface area (Å²) < 4.78 is 12.6.